The predicted octanol–water partition coefficient (Wildman–Crippen LogP) is 6.05. The van der Waals surface area contributed by atoms with Crippen molar-refractivity contribution in [2.24, 2.45) is 0 Å². The van der Waals surface area contributed by atoms with E-state index in [0.29, 0.717) is 32.0 Å². The zero-order valence-electron chi connectivity index (χ0n) is 14.8. The van der Waals surface area contributed by atoms with Crippen LogP contribution in [0.4, 0.5) is 14.6 Å². The van der Waals surface area contributed by atoms with E-state index >= 15 is 0 Å². The lowest BCUT2D eigenvalue weighted by Gasteiger charge is -2.09. The second-order valence-corrected chi connectivity index (χ2v) is 7.58. The van der Waals surface area contributed by atoms with E-state index in [1.165, 1.54) is 18.3 Å². The molecule has 0 saturated heterocycles. The lowest BCUT2D eigenvalue weighted by molar-refractivity contribution is -0.286. The molecular formula is C20H12BrClF2N2O3. The highest BCUT2D eigenvalue weighted by Gasteiger charge is 2.43. The Bertz CT molecular complexity index is 1120. The minimum Gasteiger partial charge on any atom is -0.395 e. The number of nitrogens with zero attached hydrogens (tertiary/aromatic N) is 1. The summed E-state index contributed by atoms with van der Waals surface area (Å²) in [7, 11) is 0. The molecule has 1 N–H and O–H groups in total. The second-order valence-electron chi connectivity index (χ2n) is 6.32. The number of halogens is 4. The van der Waals surface area contributed by atoms with Gasteiger partial charge in [0.25, 0.3) is 5.91 Å². The first-order chi connectivity index (χ1) is 13.7. The Morgan fingerprint density at radius 3 is 2.52 bits per heavy atom. The molecule has 4 rings (SSSR count). The third-order valence-corrected chi connectivity index (χ3v) is 5.15. The zero-order chi connectivity index (χ0) is 20.8. The van der Waals surface area contributed by atoms with Crippen LogP contribution in [0.5, 0.6) is 11.5 Å². The van der Waals surface area contributed by atoms with Crippen LogP contribution >= 0.6 is 27.5 Å². The van der Waals surface area contributed by atoms with Gasteiger partial charge in [-0.2, -0.15) is 0 Å². The van der Waals surface area contributed by atoms with Gasteiger partial charge in [0.05, 0.1) is 10.6 Å². The summed E-state index contributed by atoms with van der Waals surface area (Å²) in [6.45, 7) is 1.88. The number of aryl methyl sites for hydroxylation is 1. The summed E-state index contributed by atoms with van der Waals surface area (Å²) in [5.41, 5.74) is 2.49. The first kappa shape index (κ1) is 19.6. The first-order valence-electron chi connectivity index (χ1n) is 8.35. The third kappa shape index (κ3) is 4.04. The fraction of sp³-hybridized carbons (Fsp3) is 0.100. The Hall–Kier alpha value is -2.71. The molecule has 2 heterocycles. The molecule has 1 aliphatic heterocycles. The molecule has 0 spiro atoms. The van der Waals surface area contributed by atoms with Gasteiger partial charge in [-0.1, -0.05) is 33.6 Å². The van der Waals surface area contributed by atoms with Crippen molar-refractivity contribution >= 4 is 39.3 Å². The van der Waals surface area contributed by atoms with Crippen LogP contribution in [0, 0.1) is 6.92 Å². The summed E-state index contributed by atoms with van der Waals surface area (Å²) < 4.78 is 35.9. The highest BCUT2D eigenvalue weighted by molar-refractivity contribution is 9.10. The molecule has 1 aliphatic rings. The quantitative estimate of drug-likeness (QED) is 0.495. The van der Waals surface area contributed by atoms with Gasteiger partial charge in [0, 0.05) is 21.8 Å². The molecule has 148 valence electrons. The third-order valence-electron chi connectivity index (χ3n) is 4.18. The highest BCUT2D eigenvalue weighted by Crippen LogP contribution is 2.46. The summed E-state index contributed by atoms with van der Waals surface area (Å²) in [5, 5.41) is 3.02. The lowest BCUT2D eigenvalue weighted by Crippen LogP contribution is -2.25. The van der Waals surface area contributed by atoms with Gasteiger partial charge in [0.2, 0.25) is 0 Å². The van der Waals surface area contributed by atoms with Crippen molar-refractivity contribution in [3.05, 3.63) is 69.3 Å². The van der Waals surface area contributed by atoms with Crippen molar-refractivity contribution in [3.63, 3.8) is 0 Å². The number of pyridine rings is 1. The average Bonchev–Trinajstić information content (AvgIpc) is 2.94. The molecule has 1 aromatic heterocycles. The number of carbonyl (C=O) groups is 1. The molecule has 0 radical (unpaired) electrons. The van der Waals surface area contributed by atoms with E-state index in [1.54, 1.807) is 30.3 Å². The summed E-state index contributed by atoms with van der Waals surface area (Å²) in [5.74, 6) is -0.197. The fourth-order valence-corrected chi connectivity index (χ4v) is 3.68. The van der Waals surface area contributed by atoms with Gasteiger partial charge in [0.15, 0.2) is 11.5 Å². The predicted molar refractivity (Wildman–Crippen MR) is 108 cm³/mol. The largest absolute Gasteiger partial charge is 0.586 e. The Morgan fingerprint density at radius 2 is 1.86 bits per heavy atom. The molecule has 9 heteroatoms. The molecule has 0 fully saturated rings. The maximum absolute atomic E-state index is 13.2. The van der Waals surface area contributed by atoms with Gasteiger partial charge in [-0.3, -0.25) is 4.79 Å². The Balaban J connectivity index is 1.55. The molecule has 0 unspecified atom stereocenters. The van der Waals surface area contributed by atoms with Crippen LogP contribution in [0.25, 0.3) is 11.1 Å². The van der Waals surface area contributed by atoms with Crippen LogP contribution in [0.3, 0.4) is 0 Å². The Kier molecular flexibility index (Phi) is 4.92. The molecule has 29 heavy (non-hydrogen) atoms. The van der Waals surface area contributed by atoms with Crippen LogP contribution in [0.1, 0.15) is 15.9 Å². The number of aromatic nitrogens is 1. The zero-order valence-corrected chi connectivity index (χ0v) is 17.1. The number of hydrogen-bond donors (Lipinski definition) is 1. The molecule has 3 aromatic rings. The SMILES string of the molecule is Cc1ccc(C(=O)Nc2ccc(-c3cc4c(cc3Br)OC(F)(F)O4)cn2)c(Cl)c1. The van der Waals surface area contributed by atoms with Crippen molar-refractivity contribution in [2.45, 2.75) is 13.2 Å². The monoisotopic (exact) mass is 480 g/mol. The molecule has 1 amide bonds. The van der Waals surface area contributed by atoms with Gasteiger partial charge in [0.1, 0.15) is 5.82 Å². The van der Waals surface area contributed by atoms with E-state index in [4.69, 9.17) is 11.6 Å². The first-order valence-corrected chi connectivity index (χ1v) is 9.52. The van der Waals surface area contributed by atoms with E-state index in [9.17, 15) is 13.6 Å². The normalized spacial score (nSPS) is 14.0. The van der Waals surface area contributed by atoms with Crippen molar-refractivity contribution in [3.8, 4) is 22.6 Å². The number of carbonyl (C=O) groups excluding carboxylic acids is 1. The minimum absolute atomic E-state index is 0.0579. The van der Waals surface area contributed by atoms with Crippen molar-refractivity contribution in [1.29, 1.82) is 0 Å². The molecule has 0 atom stereocenters. The fourth-order valence-electron chi connectivity index (χ4n) is 2.81. The number of fused-ring (bicyclic) bond motifs is 1. The van der Waals surface area contributed by atoms with Crippen LogP contribution in [0.15, 0.2) is 53.1 Å². The van der Waals surface area contributed by atoms with Crippen LogP contribution in [0.2, 0.25) is 5.02 Å². The summed E-state index contributed by atoms with van der Waals surface area (Å²) >= 11 is 9.45. The molecule has 2 aromatic carbocycles. The highest BCUT2D eigenvalue weighted by atomic mass is 79.9. The molecule has 0 aliphatic carbocycles. The summed E-state index contributed by atoms with van der Waals surface area (Å²) in [4.78, 5) is 16.6. The molecule has 0 bridgehead atoms. The van der Waals surface area contributed by atoms with Crippen molar-refractivity contribution in [2.75, 3.05) is 5.32 Å². The number of rotatable bonds is 3. The number of hydrogen-bond acceptors (Lipinski definition) is 4. The lowest BCUT2D eigenvalue weighted by atomic mass is 10.1. The van der Waals surface area contributed by atoms with Crippen LogP contribution in [-0.4, -0.2) is 17.2 Å². The van der Waals surface area contributed by atoms with E-state index < -0.39 is 6.29 Å². The number of benzene rings is 2. The average molecular weight is 482 g/mol. The van der Waals surface area contributed by atoms with Crippen molar-refractivity contribution < 1.29 is 23.0 Å². The van der Waals surface area contributed by atoms with E-state index in [2.05, 4.69) is 35.7 Å². The number of nitrogens with one attached hydrogen (secondary N) is 1. The molecule has 0 saturated carbocycles. The molecular weight excluding hydrogens is 470 g/mol. The van der Waals surface area contributed by atoms with Crippen LogP contribution < -0.4 is 14.8 Å². The van der Waals surface area contributed by atoms with Crippen molar-refractivity contribution in [1.82, 2.24) is 4.98 Å². The van der Waals surface area contributed by atoms with Gasteiger partial charge in [-0.05, 0) is 48.9 Å². The Labute approximate surface area is 177 Å². The number of amides is 1. The molecule has 5 nitrogen and oxygen atoms in total. The minimum atomic E-state index is -3.69. The van der Waals surface area contributed by atoms with E-state index in [1.807, 2.05) is 6.92 Å². The van der Waals surface area contributed by atoms with Gasteiger partial charge < -0.3 is 14.8 Å². The number of alkyl halides is 2. The van der Waals surface area contributed by atoms with Gasteiger partial charge in [-0.15, -0.1) is 8.78 Å². The number of anilines is 1. The standard InChI is InChI=1S/C20H12BrClF2N2O3/c1-10-2-4-12(15(22)6-10)19(27)26-18-5-3-11(9-25-18)13-7-16-17(8-14(13)21)29-20(23,24)28-16/h2-9H,1H3,(H,25,26,27). The maximum Gasteiger partial charge on any atom is 0.586 e. The van der Waals surface area contributed by atoms with Gasteiger partial charge >= 0.3 is 6.29 Å². The van der Waals surface area contributed by atoms with E-state index in [0.717, 1.165) is 5.56 Å². The second kappa shape index (κ2) is 7.27. The van der Waals surface area contributed by atoms with Crippen LogP contribution in [-0.2, 0) is 0 Å². The maximum atomic E-state index is 13.2. The number of ether oxygens (including phenoxy) is 2. The Morgan fingerprint density at radius 1 is 1.14 bits per heavy atom. The van der Waals surface area contributed by atoms with E-state index in [-0.39, 0.29) is 17.4 Å². The van der Waals surface area contributed by atoms with Gasteiger partial charge in [-0.25, -0.2) is 4.98 Å². The summed E-state index contributed by atoms with van der Waals surface area (Å²) in [6, 6.07) is 11.3. The summed E-state index contributed by atoms with van der Waals surface area (Å²) in [6.07, 6.45) is -2.18. The smallest absolute Gasteiger partial charge is 0.395 e. The topological polar surface area (TPSA) is 60.5 Å².